The first-order chi connectivity index (χ1) is 10.2. The minimum atomic E-state index is -0.441. The number of hydrogen-bond acceptors (Lipinski definition) is 4. The number of likely N-dealkylation sites (tertiary alicyclic amines) is 1. The number of ketones is 1. The van der Waals surface area contributed by atoms with E-state index < -0.39 is 6.04 Å². The number of amides is 2. The van der Waals surface area contributed by atoms with Crippen LogP contribution in [-0.4, -0.2) is 48.6 Å². The molecule has 2 aliphatic rings. The molecule has 112 valence electrons. The second-order valence-corrected chi connectivity index (χ2v) is 5.10. The maximum Gasteiger partial charge on any atom is 0.322 e. The third kappa shape index (κ3) is 2.58. The van der Waals surface area contributed by atoms with Crippen LogP contribution in [0.4, 0.5) is 10.5 Å². The number of rotatable bonds is 3. The number of fused-ring (bicyclic) bond motifs is 1. The Morgan fingerprint density at radius 1 is 1.48 bits per heavy atom. The molecule has 0 spiro atoms. The molecule has 0 radical (unpaired) electrons. The van der Waals surface area contributed by atoms with Gasteiger partial charge in [-0.25, -0.2) is 4.79 Å². The maximum atomic E-state index is 12.4. The van der Waals surface area contributed by atoms with Crippen LogP contribution in [0.15, 0.2) is 24.3 Å². The van der Waals surface area contributed by atoms with Gasteiger partial charge in [0.2, 0.25) is 0 Å². The van der Waals surface area contributed by atoms with E-state index in [4.69, 9.17) is 9.47 Å². The third-order valence-corrected chi connectivity index (χ3v) is 3.80. The van der Waals surface area contributed by atoms with Gasteiger partial charge in [0.25, 0.3) is 0 Å². The first kappa shape index (κ1) is 13.9. The molecule has 6 heteroatoms. The van der Waals surface area contributed by atoms with Crippen LogP contribution in [0.5, 0.6) is 5.75 Å². The number of carbonyl (C=O) groups excluding carboxylic acids is 2. The Morgan fingerprint density at radius 3 is 3.10 bits per heavy atom. The highest BCUT2D eigenvalue weighted by atomic mass is 16.5. The summed E-state index contributed by atoms with van der Waals surface area (Å²) in [6.07, 6.45) is 0.558. The van der Waals surface area contributed by atoms with Gasteiger partial charge in [0.05, 0.1) is 18.4 Å². The molecule has 1 aromatic rings. The molecule has 0 aromatic heterocycles. The number of nitrogens with zero attached hydrogens (tertiary/aromatic N) is 1. The van der Waals surface area contributed by atoms with Crippen molar-refractivity contribution in [3.8, 4) is 5.75 Å². The quantitative estimate of drug-likeness (QED) is 0.919. The Hall–Kier alpha value is -2.08. The van der Waals surface area contributed by atoms with Crippen LogP contribution in [0.1, 0.15) is 13.3 Å². The first-order valence-corrected chi connectivity index (χ1v) is 7.14. The number of ether oxygens (including phenoxy) is 2. The van der Waals surface area contributed by atoms with Crippen LogP contribution >= 0.6 is 0 Å². The normalized spacial score (nSPS) is 24.0. The fourth-order valence-electron chi connectivity index (χ4n) is 2.86. The van der Waals surface area contributed by atoms with Crippen LogP contribution in [0, 0.1) is 0 Å². The number of anilines is 1. The summed E-state index contributed by atoms with van der Waals surface area (Å²) in [5, 5.41) is 2.82. The predicted octanol–water partition coefficient (Wildman–Crippen LogP) is 1.66. The largest absolute Gasteiger partial charge is 0.492 e. The smallest absolute Gasteiger partial charge is 0.322 e. The molecule has 2 fully saturated rings. The number of hydrogen-bond donors (Lipinski definition) is 1. The lowest BCUT2D eigenvalue weighted by Gasteiger charge is -2.22. The zero-order chi connectivity index (χ0) is 14.8. The number of nitrogens with one attached hydrogen (secondary N) is 1. The second-order valence-electron chi connectivity index (χ2n) is 5.10. The molecule has 0 bridgehead atoms. The van der Waals surface area contributed by atoms with Crippen molar-refractivity contribution in [2.24, 2.45) is 0 Å². The molecular weight excluding hydrogens is 272 g/mol. The number of Topliss-reactive ketones (excluding diaryl/α,β-unsaturated/α-hetero) is 1. The topological polar surface area (TPSA) is 67.9 Å². The van der Waals surface area contributed by atoms with Gasteiger partial charge in [-0.3, -0.25) is 4.79 Å². The summed E-state index contributed by atoms with van der Waals surface area (Å²) in [5.74, 6) is 0.601. The summed E-state index contributed by atoms with van der Waals surface area (Å²) in [6, 6.07) is 6.53. The zero-order valence-electron chi connectivity index (χ0n) is 11.9. The van der Waals surface area contributed by atoms with Crippen LogP contribution < -0.4 is 10.1 Å². The van der Waals surface area contributed by atoms with E-state index in [0.29, 0.717) is 31.0 Å². The molecule has 1 aromatic carbocycles. The van der Waals surface area contributed by atoms with Crippen molar-refractivity contribution < 1.29 is 19.1 Å². The summed E-state index contributed by atoms with van der Waals surface area (Å²) in [6.45, 7) is 3.05. The van der Waals surface area contributed by atoms with Crippen molar-refractivity contribution in [2.75, 3.05) is 25.1 Å². The molecule has 21 heavy (non-hydrogen) atoms. The Kier molecular flexibility index (Phi) is 3.79. The average molecular weight is 290 g/mol. The molecule has 2 atom stereocenters. The van der Waals surface area contributed by atoms with Gasteiger partial charge >= 0.3 is 6.03 Å². The molecule has 6 nitrogen and oxygen atoms in total. The summed E-state index contributed by atoms with van der Waals surface area (Å²) in [7, 11) is 0. The van der Waals surface area contributed by atoms with Gasteiger partial charge in [0.1, 0.15) is 18.4 Å². The maximum absolute atomic E-state index is 12.4. The van der Waals surface area contributed by atoms with Crippen LogP contribution in [0.25, 0.3) is 0 Å². The Bertz CT molecular complexity index is 560. The summed E-state index contributed by atoms with van der Waals surface area (Å²) >= 11 is 0. The van der Waals surface area contributed by atoms with Crippen LogP contribution in [0.2, 0.25) is 0 Å². The van der Waals surface area contributed by atoms with E-state index in [1.54, 1.807) is 17.0 Å². The lowest BCUT2D eigenvalue weighted by molar-refractivity contribution is -0.120. The predicted molar refractivity (Wildman–Crippen MR) is 76.5 cm³/mol. The Balaban J connectivity index is 1.73. The number of para-hydroxylation sites is 2. The number of urea groups is 1. The molecular formula is C15H18N2O4. The molecule has 2 saturated heterocycles. The summed E-state index contributed by atoms with van der Waals surface area (Å²) < 4.78 is 10.9. The van der Waals surface area contributed by atoms with E-state index in [1.165, 1.54) is 0 Å². The second kappa shape index (κ2) is 5.73. The number of carbonyl (C=O) groups is 2. The lowest BCUT2D eigenvalue weighted by atomic mass is 10.1. The third-order valence-electron chi connectivity index (χ3n) is 3.80. The van der Waals surface area contributed by atoms with E-state index in [9.17, 15) is 9.59 Å². The Labute approximate surface area is 123 Å². The van der Waals surface area contributed by atoms with Crippen LogP contribution in [-0.2, 0) is 9.53 Å². The summed E-state index contributed by atoms with van der Waals surface area (Å²) in [4.78, 5) is 25.8. The van der Waals surface area contributed by atoms with Gasteiger partial charge in [-0.2, -0.15) is 0 Å². The highest BCUT2D eigenvalue weighted by Crippen LogP contribution is 2.29. The highest BCUT2D eigenvalue weighted by Gasteiger charge is 2.46. The minimum Gasteiger partial charge on any atom is -0.492 e. The molecule has 2 heterocycles. The van der Waals surface area contributed by atoms with Gasteiger partial charge in [-0.05, 0) is 25.5 Å². The van der Waals surface area contributed by atoms with E-state index in [-0.39, 0.29) is 24.5 Å². The highest BCUT2D eigenvalue weighted by molar-refractivity contribution is 5.97. The molecule has 0 saturated carbocycles. The van der Waals surface area contributed by atoms with E-state index in [2.05, 4.69) is 5.32 Å². The fraction of sp³-hybridized carbons (Fsp3) is 0.467. The van der Waals surface area contributed by atoms with Gasteiger partial charge in [0, 0.05) is 6.54 Å². The summed E-state index contributed by atoms with van der Waals surface area (Å²) in [5.41, 5.74) is 0.610. The monoisotopic (exact) mass is 290 g/mol. The SMILES string of the molecule is CCOc1ccccc1NC(=O)N1CCC2OCC(=O)C21. The first-order valence-electron chi connectivity index (χ1n) is 7.14. The van der Waals surface area contributed by atoms with Gasteiger partial charge < -0.3 is 19.7 Å². The van der Waals surface area contributed by atoms with Gasteiger partial charge in [-0.15, -0.1) is 0 Å². The molecule has 1 N–H and O–H groups in total. The number of benzene rings is 1. The van der Waals surface area contributed by atoms with Crippen molar-refractivity contribution in [1.29, 1.82) is 0 Å². The fourth-order valence-corrected chi connectivity index (χ4v) is 2.86. The minimum absolute atomic E-state index is 0.0225. The molecule has 2 aliphatic heterocycles. The van der Waals surface area contributed by atoms with Crippen molar-refractivity contribution in [3.05, 3.63) is 24.3 Å². The lowest BCUT2D eigenvalue weighted by Crippen LogP contribution is -2.44. The van der Waals surface area contributed by atoms with Crippen molar-refractivity contribution in [2.45, 2.75) is 25.5 Å². The van der Waals surface area contributed by atoms with E-state index >= 15 is 0 Å². The van der Waals surface area contributed by atoms with Crippen molar-refractivity contribution in [3.63, 3.8) is 0 Å². The zero-order valence-corrected chi connectivity index (χ0v) is 11.9. The average Bonchev–Trinajstić information content (AvgIpc) is 3.05. The van der Waals surface area contributed by atoms with Crippen molar-refractivity contribution >= 4 is 17.5 Å². The molecule has 3 rings (SSSR count). The van der Waals surface area contributed by atoms with E-state index in [0.717, 1.165) is 0 Å². The van der Waals surface area contributed by atoms with E-state index in [1.807, 2.05) is 19.1 Å². The van der Waals surface area contributed by atoms with Crippen LogP contribution in [0.3, 0.4) is 0 Å². The molecule has 2 amide bonds. The van der Waals surface area contributed by atoms with Crippen molar-refractivity contribution in [1.82, 2.24) is 4.90 Å². The standard InChI is InChI=1S/C15H18N2O4/c1-2-20-12-6-4-3-5-10(12)16-15(19)17-8-7-13-14(17)11(18)9-21-13/h3-6,13-14H,2,7-9H2,1H3,(H,16,19). The molecule has 2 unspecified atom stereocenters. The van der Waals surface area contributed by atoms with Gasteiger partial charge in [-0.1, -0.05) is 12.1 Å². The molecule has 0 aliphatic carbocycles. The Morgan fingerprint density at radius 2 is 2.29 bits per heavy atom. The van der Waals surface area contributed by atoms with Gasteiger partial charge in [0.15, 0.2) is 5.78 Å².